The van der Waals surface area contributed by atoms with Gasteiger partial charge in [0.15, 0.2) is 0 Å². The highest BCUT2D eigenvalue weighted by Gasteiger charge is 2.16. The molecule has 21 heavy (non-hydrogen) atoms. The van der Waals surface area contributed by atoms with Gasteiger partial charge in [-0.25, -0.2) is 4.79 Å². The molecule has 2 rings (SSSR count). The number of nitrogens with zero attached hydrogens (tertiary/aromatic N) is 1. The average molecular weight is 303 g/mol. The molecule has 0 saturated heterocycles. The summed E-state index contributed by atoms with van der Waals surface area (Å²) in [6.45, 7) is 2.39. The van der Waals surface area contributed by atoms with E-state index in [1.54, 1.807) is 12.3 Å². The number of carboxylic acid groups (broad SMARTS) is 1. The molecule has 0 aliphatic carbocycles. The number of rotatable bonds is 7. The number of pyridine rings is 1. The number of ether oxygens (including phenoxy) is 1. The van der Waals surface area contributed by atoms with Gasteiger partial charge in [-0.2, -0.15) is 0 Å². The van der Waals surface area contributed by atoms with Crippen LogP contribution in [-0.4, -0.2) is 28.4 Å². The minimum absolute atomic E-state index is 0.241. The lowest BCUT2D eigenvalue weighted by Gasteiger charge is -2.12. The van der Waals surface area contributed by atoms with Crippen molar-refractivity contribution >= 4 is 17.7 Å². The quantitative estimate of drug-likeness (QED) is 0.793. The number of carboxylic acids is 1. The van der Waals surface area contributed by atoms with Crippen LogP contribution in [0.4, 0.5) is 0 Å². The third kappa shape index (κ3) is 4.23. The first-order valence-corrected chi connectivity index (χ1v) is 7.72. The van der Waals surface area contributed by atoms with Crippen molar-refractivity contribution in [2.45, 2.75) is 18.2 Å². The van der Waals surface area contributed by atoms with Gasteiger partial charge in [-0.15, -0.1) is 11.8 Å². The highest BCUT2D eigenvalue weighted by Crippen LogP contribution is 2.30. The van der Waals surface area contributed by atoms with Crippen LogP contribution in [0.3, 0.4) is 0 Å². The molecule has 0 atom stereocenters. The maximum absolute atomic E-state index is 11.4. The molecule has 1 aromatic carbocycles. The number of benzene rings is 1. The van der Waals surface area contributed by atoms with Gasteiger partial charge < -0.3 is 9.84 Å². The largest absolute Gasteiger partial charge is 0.492 e. The summed E-state index contributed by atoms with van der Waals surface area (Å²) < 4.78 is 5.66. The molecule has 4 nitrogen and oxygen atoms in total. The molecule has 0 spiro atoms. The Morgan fingerprint density at radius 2 is 2.14 bits per heavy atom. The molecule has 0 radical (unpaired) electrons. The van der Waals surface area contributed by atoms with Crippen LogP contribution < -0.4 is 4.74 Å². The Morgan fingerprint density at radius 3 is 2.81 bits per heavy atom. The van der Waals surface area contributed by atoms with Crippen LogP contribution in [0.25, 0.3) is 0 Å². The van der Waals surface area contributed by atoms with Gasteiger partial charge in [-0.05, 0) is 30.0 Å². The fraction of sp³-hybridized carbons (Fsp3) is 0.250. The molecule has 110 valence electrons. The highest BCUT2D eigenvalue weighted by molar-refractivity contribution is 7.99. The Kier molecular flexibility index (Phi) is 5.63. The van der Waals surface area contributed by atoms with Crippen molar-refractivity contribution < 1.29 is 14.6 Å². The third-order valence-electron chi connectivity index (χ3n) is 2.84. The topological polar surface area (TPSA) is 59.4 Å². The lowest BCUT2D eigenvalue weighted by Crippen LogP contribution is -2.08. The number of carbonyl (C=O) groups is 1. The van der Waals surface area contributed by atoms with Crippen LogP contribution in [-0.2, 0) is 6.42 Å². The minimum atomic E-state index is -0.959. The molecule has 0 unspecified atom stereocenters. The molecule has 0 saturated carbocycles. The van der Waals surface area contributed by atoms with Crippen LogP contribution in [0.2, 0.25) is 0 Å². The van der Waals surface area contributed by atoms with Gasteiger partial charge in [0.1, 0.15) is 11.3 Å². The maximum atomic E-state index is 11.4. The van der Waals surface area contributed by atoms with Crippen LogP contribution >= 0.6 is 11.8 Å². The number of hydrogen-bond donors (Lipinski definition) is 1. The Hall–Kier alpha value is -2.01. The molecule has 0 aliphatic heterocycles. The van der Waals surface area contributed by atoms with Gasteiger partial charge in [-0.1, -0.05) is 19.1 Å². The van der Waals surface area contributed by atoms with Crippen molar-refractivity contribution in [2.24, 2.45) is 0 Å². The van der Waals surface area contributed by atoms with E-state index < -0.39 is 5.97 Å². The summed E-state index contributed by atoms with van der Waals surface area (Å²) in [4.78, 5) is 16.4. The smallest absolute Gasteiger partial charge is 0.340 e. The fourth-order valence-corrected chi connectivity index (χ4v) is 2.75. The summed E-state index contributed by atoms with van der Waals surface area (Å²) in [6, 6.07) is 11.0. The van der Waals surface area contributed by atoms with E-state index in [-0.39, 0.29) is 5.56 Å². The average Bonchev–Trinajstić information content (AvgIpc) is 2.48. The molecule has 1 aromatic heterocycles. The SMILES string of the molecule is CCSc1cccc(OCCc2ccccn2)c1C(=O)O. The second-order valence-electron chi connectivity index (χ2n) is 4.29. The summed E-state index contributed by atoms with van der Waals surface area (Å²) in [5, 5.41) is 9.38. The standard InChI is InChI=1S/C16H17NO3S/c1-2-21-14-8-5-7-13(15(14)16(18)19)20-11-9-12-6-3-4-10-17-12/h3-8,10H,2,9,11H2,1H3,(H,18,19). The van der Waals surface area contributed by atoms with E-state index >= 15 is 0 Å². The summed E-state index contributed by atoms with van der Waals surface area (Å²) in [6.07, 6.45) is 2.38. The zero-order chi connectivity index (χ0) is 15.1. The van der Waals surface area contributed by atoms with Gasteiger partial charge in [0.2, 0.25) is 0 Å². The van der Waals surface area contributed by atoms with Gasteiger partial charge >= 0.3 is 5.97 Å². The predicted molar refractivity (Wildman–Crippen MR) is 83.2 cm³/mol. The Labute approximate surface area is 128 Å². The van der Waals surface area contributed by atoms with Crippen LogP contribution in [0.1, 0.15) is 23.0 Å². The molecule has 5 heteroatoms. The van der Waals surface area contributed by atoms with Gasteiger partial charge in [-0.3, -0.25) is 4.98 Å². The number of hydrogen-bond acceptors (Lipinski definition) is 4. The molecule has 1 heterocycles. The van der Waals surface area contributed by atoms with Crippen LogP contribution in [0.5, 0.6) is 5.75 Å². The summed E-state index contributed by atoms with van der Waals surface area (Å²) in [5.41, 5.74) is 1.17. The molecular weight excluding hydrogens is 286 g/mol. The zero-order valence-corrected chi connectivity index (χ0v) is 12.6. The Morgan fingerprint density at radius 1 is 1.29 bits per heavy atom. The van der Waals surface area contributed by atoms with E-state index in [0.29, 0.717) is 18.8 Å². The van der Waals surface area contributed by atoms with Gasteiger partial charge in [0.25, 0.3) is 0 Å². The number of aromatic carboxylic acids is 1. The van der Waals surface area contributed by atoms with Crippen molar-refractivity contribution in [3.63, 3.8) is 0 Å². The molecule has 0 amide bonds. The second-order valence-corrected chi connectivity index (χ2v) is 5.59. The van der Waals surface area contributed by atoms with E-state index in [2.05, 4.69) is 4.98 Å². The Bertz CT molecular complexity index is 602. The summed E-state index contributed by atoms with van der Waals surface area (Å²) in [5.74, 6) is 0.272. The number of thioether (sulfide) groups is 1. The van der Waals surface area contributed by atoms with Crippen molar-refractivity contribution in [3.8, 4) is 5.75 Å². The number of aromatic nitrogens is 1. The van der Waals surface area contributed by atoms with Crippen molar-refractivity contribution in [3.05, 3.63) is 53.9 Å². The Balaban J connectivity index is 2.08. The zero-order valence-electron chi connectivity index (χ0n) is 11.8. The minimum Gasteiger partial charge on any atom is -0.492 e. The molecule has 0 bridgehead atoms. The maximum Gasteiger partial charge on any atom is 0.340 e. The predicted octanol–water partition coefficient (Wildman–Crippen LogP) is 3.51. The molecule has 0 aliphatic rings. The highest BCUT2D eigenvalue weighted by atomic mass is 32.2. The summed E-state index contributed by atoms with van der Waals surface area (Å²) in [7, 11) is 0. The van der Waals surface area contributed by atoms with E-state index in [0.717, 1.165) is 16.3 Å². The first-order chi connectivity index (χ1) is 10.2. The fourth-order valence-electron chi connectivity index (χ4n) is 1.93. The van der Waals surface area contributed by atoms with Gasteiger partial charge in [0.05, 0.1) is 6.61 Å². The van der Waals surface area contributed by atoms with E-state index in [1.807, 2.05) is 37.3 Å². The lowest BCUT2D eigenvalue weighted by molar-refractivity contribution is 0.0688. The molecular formula is C16H17NO3S. The van der Waals surface area contributed by atoms with Gasteiger partial charge in [0, 0.05) is 23.2 Å². The van der Waals surface area contributed by atoms with Crippen molar-refractivity contribution in [2.75, 3.05) is 12.4 Å². The van der Waals surface area contributed by atoms with E-state index in [9.17, 15) is 9.90 Å². The monoisotopic (exact) mass is 303 g/mol. The first kappa shape index (κ1) is 15.4. The molecule has 1 N–H and O–H groups in total. The summed E-state index contributed by atoms with van der Waals surface area (Å²) >= 11 is 1.50. The normalized spacial score (nSPS) is 10.3. The molecule has 2 aromatic rings. The van der Waals surface area contributed by atoms with Crippen LogP contribution in [0, 0.1) is 0 Å². The van der Waals surface area contributed by atoms with Crippen molar-refractivity contribution in [1.29, 1.82) is 0 Å². The van der Waals surface area contributed by atoms with E-state index in [1.165, 1.54) is 11.8 Å². The van der Waals surface area contributed by atoms with E-state index in [4.69, 9.17) is 4.74 Å². The molecule has 0 fully saturated rings. The third-order valence-corrected chi connectivity index (χ3v) is 3.78. The second kappa shape index (κ2) is 7.69. The first-order valence-electron chi connectivity index (χ1n) is 6.74. The van der Waals surface area contributed by atoms with Crippen molar-refractivity contribution in [1.82, 2.24) is 4.98 Å². The van der Waals surface area contributed by atoms with Crippen LogP contribution in [0.15, 0.2) is 47.5 Å². The lowest BCUT2D eigenvalue weighted by atomic mass is 10.2.